The number of hydrogen-bond acceptors (Lipinski definition) is 3. The van der Waals surface area contributed by atoms with Gasteiger partial charge in [0.1, 0.15) is 18.1 Å². The average molecular weight is 410 g/mol. The van der Waals surface area contributed by atoms with Crippen molar-refractivity contribution in [2.24, 2.45) is 0 Å². The SMILES string of the molecule is COc1ccc(/C(C#N)=C/c2ccc(OCc3ccccc3Cl)c(Cl)c2)cc1. The smallest absolute Gasteiger partial charge is 0.138 e. The van der Waals surface area contributed by atoms with Gasteiger partial charge in [0.2, 0.25) is 0 Å². The Hall–Kier alpha value is -2.93. The van der Waals surface area contributed by atoms with E-state index in [1.807, 2.05) is 54.6 Å². The summed E-state index contributed by atoms with van der Waals surface area (Å²) in [4.78, 5) is 0. The Bertz CT molecular complexity index is 1040. The van der Waals surface area contributed by atoms with E-state index in [1.54, 1.807) is 25.3 Å². The Balaban J connectivity index is 1.77. The minimum atomic E-state index is 0.323. The molecule has 0 radical (unpaired) electrons. The molecule has 0 atom stereocenters. The van der Waals surface area contributed by atoms with Gasteiger partial charge in [0.15, 0.2) is 0 Å². The van der Waals surface area contributed by atoms with Crippen molar-refractivity contribution in [1.29, 1.82) is 5.26 Å². The summed E-state index contributed by atoms with van der Waals surface area (Å²) in [6.45, 7) is 0.323. The van der Waals surface area contributed by atoms with E-state index >= 15 is 0 Å². The molecule has 0 unspecified atom stereocenters. The highest BCUT2D eigenvalue weighted by Crippen LogP contribution is 2.29. The fourth-order valence-corrected chi connectivity index (χ4v) is 3.05. The standard InChI is InChI=1S/C23H17Cl2NO2/c1-27-20-9-7-17(8-10-20)19(14-26)12-16-6-11-23(22(25)13-16)28-15-18-4-2-3-5-21(18)24/h2-13H,15H2,1H3/b19-12+. The van der Waals surface area contributed by atoms with Gasteiger partial charge in [0, 0.05) is 10.6 Å². The van der Waals surface area contributed by atoms with E-state index in [1.165, 1.54) is 0 Å². The van der Waals surface area contributed by atoms with Crippen LogP contribution in [0.3, 0.4) is 0 Å². The molecular weight excluding hydrogens is 393 g/mol. The van der Waals surface area contributed by atoms with Crippen LogP contribution in [0.5, 0.6) is 11.5 Å². The van der Waals surface area contributed by atoms with E-state index in [-0.39, 0.29) is 0 Å². The second-order valence-electron chi connectivity index (χ2n) is 5.97. The molecular formula is C23H17Cl2NO2. The molecule has 0 saturated carbocycles. The Labute approximate surface area is 174 Å². The molecule has 5 heteroatoms. The number of nitriles is 1. The van der Waals surface area contributed by atoms with Crippen LogP contribution in [0.2, 0.25) is 10.0 Å². The molecule has 3 aromatic rings. The number of benzene rings is 3. The zero-order valence-corrected chi connectivity index (χ0v) is 16.7. The highest BCUT2D eigenvalue weighted by molar-refractivity contribution is 6.32. The topological polar surface area (TPSA) is 42.2 Å². The monoisotopic (exact) mass is 409 g/mol. The van der Waals surface area contributed by atoms with Crippen molar-refractivity contribution < 1.29 is 9.47 Å². The molecule has 0 heterocycles. The molecule has 0 spiro atoms. The zero-order chi connectivity index (χ0) is 19.9. The van der Waals surface area contributed by atoms with E-state index in [0.29, 0.717) is 28.0 Å². The summed E-state index contributed by atoms with van der Waals surface area (Å²) in [5.74, 6) is 1.30. The molecule has 3 rings (SSSR count). The highest BCUT2D eigenvalue weighted by Gasteiger charge is 2.07. The first kappa shape index (κ1) is 19.8. The quantitative estimate of drug-likeness (QED) is 0.338. The fraction of sp³-hybridized carbons (Fsp3) is 0.0870. The first-order chi connectivity index (χ1) is 13.6. The molecule has 0 aliphatic heterocycles. The molecule has 28 heavy (non-hydrogen) atoms. The maximum Gasteiger partial charge on any atom is 0.138 e. The Kier molecular flexibility index (Phi) is 6.60. The number of nitrogens with zero attached hydrogens (tertiary/aromatic N) is 1. The summed E-state index contributed by atoms with van der Waals surface area (Å²) in [5, 5.41) is 10.6. The number of allylic oxidation sites excluding steroid dienone is 1. The molecule has 0 saturated heterocycles. The highest BCUT2D eigenvalue weighted by atomic mass is 35.5. The van der Waals surface area contributed by atoms with Crippen molar-refractivity contribution in [3.8, 4) is 17.6 Å². The largest absolute Gasteiger partial charge is 0.497 e. The molecule has 3 aromatic carbocycles. The van der Waals surface area contributed by atoms with Gasteiger partial charge in [0.05, 0.1) is 23.8 Å². The van der Waals surface area contributed by atoms with Crippen molar-refractivity contribution >= 4 is 34.9 Å². The van der Waals surface area contributed by atoms with Crippen LogP contribution in [0.25, 0.3) is 11.6 Å². The average Bonchev–Trinajstić information content (AvgIpc) is 2.72. The minimum Gasteiger partial charge on any atom is -0.497 e. The van der Waals surface area contributed by atoms with Gasteiger partial charge in [-0.25, -0.2) is 0 Å². The van der Waals surface area contributed by atoms with Gasteiger partial charge < -0.3 is 9.47 Å². The van der Waals surface area contributed by atoms with E-state index in [2.05, 4.69) is 6.07 Å². The van der Waals surface area contributed by atoms with Crippen LogP contribution >= 0.6 is 23.2 Å². The molecule has 140 valence electrons. The summed E-state index contributed by atoms with van der Waals surface area (Å²) in [7, 11) is 1.60. The minimum absolute atomic E-state index is 0.323. The van der Waals surface area contributed by atoms with E-state index in [9.17, 15) is 5.26 Å². The van der Waals surface area contributed by atoms with Gasteiger partial charge >= 0.3 is 0 Å². The van der Waals surface area contributed by atoms with Gasteiger partial charge in [-0.15, -0.1) is 0 Å². The van der Waals surface area contributed by atoms with Crippen molar-refractivity contribution in [2.75, 3.05) is 7.11 Å². The Morgan fingerprint density at radius 1 is 1.00 bits per heavy atom. The van der Waals surface area contributed by atoms with Crippen LogP contribution in [0.15, 0.2) is 66.7 Å². The van der Waals surface area contributed by atoms with Crippen molar-refractivity contribution in [2.45, 2.75) is 6.61 Å². The predicted molar refractivity (Wildman–Crippen MR) is 114 cm³/mol. The van der Waals surface area contributed by atoms with Crippen LogP contribution in [0.4, 0.5) is 0 Å². The molecule has 0 bridgehead atoms. The summed E-state index contributed by atoms with van der Waals surface area (Å²) in [6.07, 6.45) is 1.78. The zero-order valence-electron chi connectivity index (χ0n) is 15.2. The maximum absolute atomic E-state index is 9.51. The molecule has 0 amide bonds. The van der Waals surface area contributed by atoms with E-state index in [4.69, 9.17) is 32.7 Å². The van der Waals surface area contributed by atoms with Crippen LogP contribution in [-0.4, -0.2) is 7.11 Å². The lowest BCUT2D eigenvalue weighted by atomic mass is 10.0. The fourth-order valence-electron chi connectivity index (χ4n) is 2.61. The first-order valence-electron chi connectivity index (χ1n) is 8.52. The van der Waals surface area contributed by atoms with Gasteiger partial charge in [-0.05, 0) is 59.7 Å². The van der Waals surface area contributed by atoms with E-state index in [0.717, 1.165) is 22.4 Å². The number of hydrogen-bond donors (Lipinski definition) is 0. The third-order valence-electron chi connectivity index (χ3n) is 4.13. The van der Waals surface area contributed by atoms with Crippen LogP contribution in [-0.2, 0) is 6.61 Å². The van der Waals surface area contributed by atoms with Crippen molar-refractivity contribution in [3.05, 3.63) is 93.5 Å². The third kappa shape index (κ3) is 4.86. The van der Waals surface area contributed by atoms with Gasteiger partial charge in [0.25, 0.3) is 0 Å². The Morgan fingerprint density at radius 3 is 2.39 bits per heavy atom. The third-order valence-corrected chi connectivity index (χ3v) is 4.79. The molecule has 0 N–H and O–H groups in total. The maximum atomic E-state index is 9.51. The van der Waals surface area contributed by atoms with Crippen LogP contribution in [0, 0.1) is 11.3 Å². The number of methoxy groups -OCH3 is 1. The lowest BCUT2D eigenvalue weighted by Crippen LogP contribution is -1.96. The van der Waals surface area contributed by atoms with Crippen molar-refractivity contribution in [1.82, 2.24) is 0 Å². The molecule has 0 fully saturated rings. The van der Waals surface area contributed by atoms with Gasteiger partial charge in [-0.1, -0.05) is 47.5 Å². The second-order valence-corrected chi connectivity index (χ2v) is 6.78. The molecule has 0 aromatic heterocycles. The number of halogens is 2. The second kappa shape index (κ2) is 9.32. The lowest BCUT2D eigenvalue weighted by Gasteiger charge is -2.10. The molecule has 0 aliphatic rings. The van der Waals surface area contributed by atoms with Crippen molar-refractivity contribution in [3.63, 3.8) is 0 Å². The number of ether oxygens (including phenoxy) is 2. The van der Waals surface area contributed by atoms with Gasteiger partial charge in [-0.3, -0.25) is 0 Å². The van der Waals surface area contributed by atoms with Crippen LogP contribution in [0.1, 0.15) is 16.7 Å². The Morgan fingerprint density at radius 2 is 1.75 bits per heavy atom. The lowest BCUT2D eigenvalue weighted by molar-refractivity contribution is 0.306. The normalized spacial score (nSPS) is 11.0. The summed E-state index contributed by atoms with van der Waals surface area (Å²) in [5.41, 5.74) is 3.03. The predicted octanol–water partition coefficient (Wildman–Crippen LogP) is 6.65. The first-order valence-corrected chi connectivity index (χ1v) is 9.28. The summed E-state index contributed by atoms with van der Waals surface area (Å²) < 4.78 is 10.9. The summed E-state index contributed by atoms with van der Waals surface area (Å²) in [6, 6.07) is 22.5. The molecule has 0 aliphatic carbocycles. The summed E-state index contributed by atoms with van der Waals surface area (Å²) >= 11 is 12.5. The van der Waals surface area contributed by atoms with E-state index < -0.39 is 0 Å². The molecule has 3 nitrogen and oxygen atoms in total. The van der Waals surface area contributed by atoms with Crippen LogP contribution < -0.4 is 9.47 Å². The number of rotatable bonds is 6. The van der Waals surface area contributed by atoms with Gasteiger partial charge in [-0.2, -0.15) is 5.26 Å².